The molecule has 5 rings (SSSR count). The maximum absolute atomic E-state index is 12.9. The summed E-state index contributed by atoms with van der Waals surface area (Å²) in [6, 6.07) is 16.5. The van der Waals surface area contributed by atoms with Crippen LogP contribution in [-0.4, -0.2) is 67.0 Å². The third kappa shape index (κ3) is 4.58. The van der Waals surface area contributed by atoms with Crippen molar-refractivity contribution in [3.63, 3.8) is 0 Å². The van der Waals surface area contributed by atoms with E-state index in [0.29, 0.717) is 32.5 Å². The Kier molecular flexibility index (Phi) is 5.99. The van der Waals surface area contributed by atoms with E-state index in [2.05, 4.69) is 57.6 Å². The largest absolute Gasteiger partial charge is 0.491 e. The zero-order valence-electron chi connectivity index (χ0n) is 18.3. The molecule has 3 heterocycles. The fraction of sp³-hybridized carbons (Fsp3) is 0.440. The summed E-state index contributed by atoms with van der Waals surface area (Å²) in [4.78, 5) is 31.2. The maximum Gasteiger partial charge on any atom is 0.245 e. The van der Waals surface area contributed by atoms with Crippen molar-refractivity contribution >= 4 is 17.5 Å². The van der Waals surface area contributed by atoms with Crippen LogP contribution in [0.15, 0.2) is 48.5 Å². The van der Waals surface area contributed by atoms with Gasteiger partial charge in [0.1, 0.15) is 18.4 Å². The lowest BCUT2D eigenvalue weighted by atomic mass is 10.1. The van der Waals surface area contributed by atoms with Crippen molar-refractivity contribution in [1.29, 1.82) is 0 Å². The number of para-hydroxylation sites is 1. The van der Waals surface area contributed by atoms with Gasteiger partial charge in [-0.05, 0) is 36.2 Å². The van der Waals surface area contributed by atoms with E-state index < -0.39 is 6.04 Å². The summed E-state index contributed by atoms with van der Waals surface area (Å²) in [5.41, 5.74) is 3.57. The molecule has 0 bridgehead atoms. The number of nitrogens with one attached hydrogen (secondary N) is 1. The standard InChI is InChI=1S/C25H30N4O3/c30-24-9-7-22(26-24)25(31)29-14-15-32-23-8-6-19(16-20(23)18-29)17-27-10-12-28(13-11-27)21-4-2-1-3-5-21/h1-6,8,16,22H,7,9-15,17-18H2,(H,26,30). The summed E-state index contributed by atoms with van der Waals surface area (Å²) in [5.74, 6) is 0.813. The molecule has 1 N–H and O–H groups in total. The molecule has 2 aromatic rings. The molecule has 0 aliphatic carbocycles. The Morgan fingerprint density at radius 2 is 1.84 bits per heavy atom. The minimum atomic E-state index is -0.395. The molecule has 2 amide bonds. The molecular weight excluding hydrogens is 404 g/mol. The van der Waals surface area contributed by atoms with Gasteiger partial charge in [0.15, 0.2) is 0 Å². The predicted molar refractivity (Wildman–Crippen MR) is 122 cm³/mol. The number of carbonyl (C=O) groups is 2. The number of amides is 2. The van der Waals surface area contributed by atoms with Gasteiger partial charge in [0, 0.05) is 56.9 Å². The van der Waals surface area contributed by atoms with Crippen molar-refractivity contribution in [2.24, 2.45) is 0 Å². The SMILES string of the molecule is O=C1CCC(C(=O)N2CCOc3ccc(CN4CCN(c5ccccc5)CC4)cc3C2)N1. The van der Waals surface area contributed by atoms with Crippen LogP contribution >= 0.6 is 0 Å². The molecular formula is C25H30N4O3. The number of anilines is 1. The first-order valence-corrected chi connectivity index (χ1v) is 11.5. The Bertz CT molecular complexity index is 972. The fourth-order valence-electron chi connectivity index (χ4n) is 4.81. The Hall–Kier alpha value is -3.06. The second-order valence-electron chi connectivity index (χ2n) is 8.81. The summed E-state index contributed by atoms with van der Waals surface area (Å²) < 4.78 is 5.92. The van der Waals surface area contributed by atoms with E-state index in [0.717, 1.165) is 44.0 Å². The normalized spacial score (nSPS) is 21.5. The molecule has 0 aromatic heterocycles. The lowest BCUT2D eigenvalue weighted by Gasteiger charge is -2.36. The van der Waals surface area contributed by atoms with Crippen LogP contribution in [0.25, 0.3) is 0 Å². The number of piperazine rings is 1. The van der Waals surface area contributed by atoms with Crippen LogP contribution in [0, 0.1) is 0 Å². The first kappa shape index (κ1) is 20.8. The van der Waals surface area contributed by atoms with Crippen molar-refractivity contribution in [1.82, 2.24) is 15.1 Å². The van der Waals surface area contributed by atoms with Gasteiger partial charge in [-0.3, -0.25) is 14.5 Å². The molecule has 3 aliphatic rings. The minimum Gasteiger partial charge on any atom is -0.491 e. The monoisotopic (exact) mass is 434 g/mol. The minimum absolute atomic E-state index is 0.00487. The zero-order chi connectivity index (χ0) is 21.9. The number of carbonyl (C=O) groups excluding carboxylic acids is 2. The van der Waals surface area contributed by atoms with E-state index in [9.17, 15) is 9.59 Å². The molecule has 0 radical (unpaired) electrons. The fourth-order valence-corrected chi connectivity index (χ4v) is 4.81. The van der Waals surface area contributed by atoms with Crippen LogP contribution in [0.5, 0.6) is 5.75 Å². The predicted octanol–water partition coefficient (Wildman–Crippen LogP) is 2.01. The van der Waals surface area contributed by atoms with Crippen LogP contribution in [0.1, 0.15) is 24.0 Å². The molecule has 0 spiro atoms. The van der Waals surface area contributed by atoms with Crippen LogP contribution in [0.4, 0.5) is 5.69 Å². The number of hydrogen-bond acceptors (Lipinski definition) is 5. The van der Waals surface area contributed by atoms with Crippen LogP contribution in [0.3, 0.4) is 0 Å². The summed E-state index contributed by atoms with van der Waals surface area (Å²) in [7, 11) is 0. The average Bonchev–Trinajstić information content (AvgIpc) is 3.15. The van der Waals surface area contributed by atoms with Gasteiger partial charge in [-0.25, -0.2) is 0 Å². The van der Waals surface area contributed by atoms with E-state index in [1.54, 1.807) is 0 Å². The lowest BCUT2D eigenvalue weighted by molar-refractivity contribution is -0.135. The van der Waals surface area contributed by atoms with Gasteiger partial charge in [-0.2, -0.15) is 0 Å². The molecule has 3 aliphatic heterocycles. The molecule has 32 heavy (non-hydrogen) atoms. The number of fused-ring (bicyclic) bond motifs is 1. The van der Waals surface area contributed by atoms with Crippen molar-refractivity contribution in [2.75, 3.05) is 44.2 Å². The molecule has 1 unspecified atom stereocenters. The first-order valence-electron chi connectivity index (χ1n) is 11.5. The summed E-state index contributed by atoms with van der Waals surface area (Å²) in [6.07, 6.45) is 1.01. The number of hydrogen-bond donors (Lipinski definition) is 1. The number of benzene rings is 2. The van der Waals surface area contributed by atoms with E-state index in [1.807, 2.05) is 11.0 Å². The third-order valence-electron chi connectivity index (χ3n) is 6.61. The topological polar surface area (TPSA) is 65.1 Å². The Labute approximate surface area is 188 Å². The number of nitrogens with zero attached hydrogens (tertiary/aromatic N) is 3. The molecule has 7 heteroatoms. The van der Waals surface area contributed by atoms with Crippen molar-refractivity contribution in [2.45, 2.75) is 32.0 Å². The quantitative estimate of drug-likeness (QED) is 0.798. The van der Waals surface area contributed by atoms with Gasteiger partial charge in [-0.1, -0.05) is 24.3 Å². The summed E-state index contributed by atoms with van der Waals surface area (Å²) >= 11 is 0. The highest BCUT2D eigenvalue weighted by Gasteiger charge is 2.32. The van der Waals surface area contributed by atoms with E-state index in [-0.39, 0.29) is 11.8 Å². The number of ether oxygens (including phenoxy) is 1. The number of rotatable bonds is 4. The van der Waals surface area contributed by atoms with Gasteiger partial charge in [0.2, 0.25) is 11.8 Å². The molecule has 1 atom stereocenters. The van der Waals surface area contributed by atoms with Crippen molar-refractivity contribution in [3.8, 4) is 5.75 Å². The molecule has 7 nitrogen and oxygen atoms in total. The smallest absolute Gasteiger partial charge is 0.245 e. The van der Waals surface area contributed by atoms with Crippen LogP contribution in [0.2, 0.25) is 0 Å². The molecule has 2 fully saturated rings. The lowest BCUT2D eigenvalue weighted by Crippen LogP contribution is -2.46. The molecule has 2 saturated heterocycles. The zero-order valence-corrected chi connectivity index (χ0v) is 18.3. The van der Waals surface area contributed by atoms with Gasteiger partial charge in [-0.15, -0.1) is 0 Å². The van der Waals surface area contributed by atoms with E-state index in [1.165, 1.54) is 11.3 Å². The third-order valence-corrected chi connectivity index (χ3v) is 6.61. The van der Waals surface area contributed by atoms with Crippen LogP contribution in [-0.2, 0) is 22.7 Å². The molecule has 168 valence electrons. The van der Waals surface area contributed by atoms with Crippen molar-refractivity contribution < 1.29 is 14.3 Å². The highest BCUT2D eigenvalue weighted by atomic mass is 16.5. The van der Waals surface area contributed by atoms with Crippen molar-refractivity contribution in [3.05, 3.63) is 59.7 Å². The van der Waals surface area contributed by atoms with Gasteiger partial charge >= 0.3 is 0 Å². The summed E-state index contributed by atoms with van der Waals surface area (Å²) in [5, 5.41) is 2.79. The summed E-state index contributed by atoms with van der Waals surface area (Å²) in [6.45, 7) is 6.51. The highest BCUT2D eigenvalue weighted by Crippen LogP contribution is 2.26. The Morgan fingerprint density at radius 3 is 2.59 bits per heavy atom. The molecule has 2 aromatic carbocycles. The van der Waals surface area contributed by atoms with E-state index >= 15 is 0 Å². The second-order valence-corrected chi connectivity index (χ2v) is 8.81. The second kappa shape index (κ2) is 9.20. The maximum atomic E-state index is 12.9. The van der Waals surface area contributed by atoms with Gasteiger partial charge in [0.25, 0.3) is 0 Å². The van der Waals surface area contributed by atoms with Gasteiger partial charge < -0.3 is 19.9 Å². The Balaban J connectivity index is 1.21. The highest BCUT2D eigenvalue weighted by molar-refractivity contribution is 5.90. The van der Waals surface area contributed by atoms with E-state index in [4.69, 9.17) is 4.74 Å². The Morgan fingerprint density at radius 1 is 1.03 bits per heavy atom. The van der Waals surface area contributed by atoms with Gasteiger partial charge in [0.05, 0.1) is 6.54 Å². The first-order chi connectivity index (χ1) is 15.7. The van der Waals surface area contributed by atoms with Crippen LogP contribution < -0.4 is 15.0 Å². The average molecular weight is 435 g/mol. The molecule has 0 saturated carbocycles.